The average Bonchev–Trinajstić information content (AvgIpc) is 2.81. The molecule has 0 aliphatic carbocycles. The third-order valence-corrected chi connectivity index (χ3v) is 3.83. The second-order valence-electron chi connectivity index (χ2n) is 5.15. The Labute approximate surface area is 124 Å². The number of benzene rings is 1. The van der Waals surface area contributed by atoms with Crippen molar-refractivity contribution >= 4 is 22.9 Å². The van der Waals surface area contributed by atoms with Crippen LogP contribution in [0.3, 0.4) is 0 Å². The van der Waals surface area contributed by atoms with Crippen molar-refractivity contribution in [1.29, 1.82) is 0 Å². The Balaban J connectivity index is 1.98. The summed E-state index contributed by atoms with van der Waals surface area (Å²) < 4.78 is 6.53. The van der Waals surface area contributed by atoms with Gasteiger partial charge in [-0.05, 0) is 18.2 Å². The van der Waals surface area contributed by atoms with E-state index in [4.69, 9.17) is 4.74 Å². The standard InChI is InChI=1S/C14H15N3O5/c1-16-10-6-8(2-3-9(10)15-14(16)21)12(18)17-4-5-22-7-11(17)13(19)20/h2-3,6,11H,4-5,7H2,1H3,(H,15,21)(H,19,20). The van der Waals surface area contributed by atoms with Gasteiger partial charge in [0, 0.05) is 19.2 Å². The fourth-order valence-corrected chi connectivity index (χ4v) is 2.57. The molecule has 1 fully saturated rings. The van der Waals surface area contributed by atoms with Crippen LogP contribution in [0.15, 0.2) is 23.0 Å². The lowest BCUT2D eigenvalue weighted by Crippen LogP contribution is -2.52. The van der Waals surface area contributed by atoms with Crippen LogP contribution in [-0.4, -0.2) is 57.2 Å². The third-order valence-electron chi connectivity index (χ3n) is 3.83. The zero-order valence-electron chi connectivity index (χ0n) is 11.9. The normalized spacial score (nSPS) is 18.6. The summed E-state index contributed by atoms with van der Waals surface area (Å²) in [7, 11) is 1.60. The zero-order valence-corrected chi connectivity index (χ0v) is 11.9. The van der Waals surface area contributed by atoms with Gasteiger partial charge < -0.3 is 19.7 Å². The van der Waals surface area contributed by atoms with Crippen LogP contribution in [-0.2, 0) is 16.6 Å². The van der Waals surface area contributed by atoms with E-state index in [0.29, 0.717) is 23.2 Å². The maximum Gasteiger partial charge on any atom is 0.328 e. The molecule has 0 bridgehead atoms. The van der Waals surface area contributed by atoms with E-state index in [9.17, 15) is 19.5 Å². The number of carbonyl (C=O) groups is 2. The number of carboxylic acid groups (broad SMARTS) is 1. The molecule has 116 valence electrons. The van der Waals surface area contributed by atoms with Gasteiger partial charge in [0.2, 0.25) is 0 Å². The Morgan fingerprint density at radius 1 is 1.41 bits per heavy atom. The molecule has 8 nitrogen and oxygen atoms in total. The summed E-state index contributed by atoms with van der Waals surface area (Å²) in [5.41, 5.74) is 1.29. The summed E-state index contributed by atoms with van der Waals surface area (Å²) >= 11 is 0. The number of aromatic nitrogens is 2. The molecule has 1 aliphatic rings. The van der Waals surface area contributed by atoms with Crippen molar-refractivity contribution < 1.29 is 19.4 Å². The van der Waals surface area contributed by atoms with Crippen LogP contribution in [0.5, 0.6) is 0 Å². The highest BCUT2D eigenvalue weighted by Crippen LogP contribution is 2.17. The number of ether oxygens (including phenoxy) is 1. The molecule has 1 aromatic carbocycles. The Morgan fingerprint density at radius 3 is 2.91 bits per heavy atom. The van der Waals surface area contributed by atoms with Gasteiger partial charge in [0.1, 0.15) is 0 Å². The van der Waals surface area contributed by atoms with Gasteiger partial charge >= 0.3 is 11.7 Å². The van der Waals surface area contributed by atoms with Crippen LogP contribution >= 0.6 is 0 Å². The van der Waals surface area contributed by atoms with Crippen molar-refractivity contribution in [1.82, 2.24) is 14.5 Å². The topological polar surface area (TPSA) is 105 Å². The monoisotopic (exact) mass is 305 g/mol. The number of hydrogen-bond donors (Lipinski definition) is 2. The van der Waals surface area contributed by atoms with Gasteiger partial charge in [-0.25, -0.2) is 9.59 Å². The number of nitrogens with one attached hydrogen (secondary N) is 1. The fraction of sp³-hybridized carbons (Fsp3) is 0.357. The molecule has 0 radical (unpaired) electrons. The molecule has 2 heterocycles. The van der Waals surface area contributed by atoms with E-state index in [0.717, 1.165) is 0 Å². The lowest BCUT2D eigenvalue weighted by molar-refractivity contribution is -0.147. The minimum atomic E-state index is -1.09. The van der Waals surface area contributed by atoms with E-state index < -0.39 is 12.0 Å². The first kappa shape index (κ1) is 14.3. The number of aromatic amines is 1. The molecule has 1 aromatic heterocycles. The number of aliphatic carboxylic acids is 1. The number of carboxylic acids is 1. The summed E-state index contributed by atoms with van der Waals surface area (Å²) in [6.45, 7) is 0.506. The number of imidazole rings is 1. The van der Waals surface area contributed by atoms with Crippen molar-refractivity contribution in [3.05, 3.63) is 34.2 Å². The number of aryl methyl sites for hydroxylation is 1. The molecular formula is C14H15N3O5. The molecule has 2 N–H and O–H groups in total. The first-order valence-electron chi connectivity index (χ1n) is 6.79. The molecule has 0 saturated carbocycles. The number of nitrogens with zero attached hydrogens (tertiary/aromatic N) is 2. The van der Waals surface area contributed by atoms with E-state index in [1.807, 2.05) is 0 Å². The average molecular weight is 305 g/mol. The van der Waals surface area contributed by atoms with Crippen LogP contribution in [0.1, 0.15) is 10.4 Å². The summed E-state index contributed by atoms with van der Waals surface area (Å²) in [5, 5.41) is 9.20. The molecule has 8 heteroatoms. The van der Waals surface area contributed by atoms with E-state index in [1.165, 1.54) is 9.47 Å². The van der Waals surface area contributed by atoms with Gasteiger partial charge in [0.15, 0.2) is 6.04 Å². The van der Waals surface area contributed by atoms with Gasteiger partial charge in [-0.15, -0.1) is 0 Å². The molecular weight excluding hydrogens is 290 g/mol. The van der Waals surface area contributed by atoms with Gasteiger partial charge in [-0.2, -0.15) is 0 Å². The molecule has 1 atom stereocenters. The number of fused-ring (bicyclic) bond motifs is 1. The van der Waals surface area contributed by atoms with E-state index in [2.05, 4.69) is 4.98 Å². The predicted octanol–water partition coefficient (Wildman–Crippen LogP) is -0.208. The first-order valence-corrected chi connectivity index (χ1v) is 6.79. The van der Waals surface area contributed by atoms with Crippen LogP contribution in [0.25, 0.3) is 11.0 Å². The van der Waals surface area contributed by atoms with Gasteiger partial charge in [-0.3, -0.25) is 9.36 Å². The molecule has 22 heavy (non-hydrogen) atoms. The SMILES string of the molecule is Cn1c(=O)[nH]c2ccc(C(=O)N3CCOCC3C(=O)O)cc21. The first-order chi connectivity index (χ1) is 10.5. The number of morpholine rings is 1. The number of H-pyrrole nitrogens is 1. The minimum absolute atomic E-state index is 0.0219. The molecule has 0 spiro atoms. The lowest BCUT2D eigenvalue weighted by Gasteiger charge is -2.32. The van der Waals surface area contributed by atoms with E-state index >= 15 is 0 Å². The number of hydrogen-bond acceptors (Lipinski definition) is 4. The quantitative estimate of drug-likeness (QED) is 0.799. The smallest absolute Gasteiger partial charge is 0.328 e. The highest BCUT2D eigenvalue weighted by atomic mass is 16.5. The van der Waals surface area contributed by atoms with Gasteiger partial charge in [0.05, 0.1) is 24.2 Å². The third kappa shape index (κ3) is 2.27. The Bertz CT molecular complexity index is 806. The minimum Gasteiger partial charge on any atom is -0.480 e. The van der Waals surface area contributed by atoms with Crippen molar-refractivity contribution in [3.63, 3.8) is 0 Å². The maximum absolute atomic E-state index is 12.6. The number of carbonyl (C=O) groups excluding carboxylic acids is 1. The van der Waals surface area contributed by atoms with E-state index in [-0.39, 0.29) is 24.7 Å². The summed E-state index contributed by atoms with van der Waals surface area (Å²) in [4.78, 5) is 39.4. The van der Waals surface area contributed by atoms with Crippen LogP contribution in [0.4, 0.5) is 0 Å². The molecule has 1 aliphatic heterocycles. The van der Waals surface area contributed by atoms with Crippen molar-refractivity contribution in [3.8, 4) is 0 Å². The zero-order chi connectivity index (χ0) is 15.9. The largest absolute Gasteiger partial charge is 0.480 e. The molecule has 1 saturated heterocycles. The second-order valence-corrected chi connectivity index (χ2v) is 5.15. The summed E-state index contributed by atoms with van der Waals surface area (Å²) in [6, 6.07) is 3.81. The Morgan fingerprint density at radius 2 is 2.18 bits per heavy atom. The van der Waals surface area contributed by atoms with E-state index in [1.54, 1.807) is 25.2 Å². The van der Waals surface area contributed by atoms with Crippen LogP contribution < -0.4 is 5.69 Å². The number of amides is 1. The molecule has 3 rings (SSSR count). The highest BCUT2D eigenvalue weighted by Gasteiger charge is 2.33. The Kier molecular flexibility index (Phi) is 3.45. The van der Waals surface area contributed by atoms with Gasteiger partial charge in [0.25, 0.3) is 5.91 Å². The Hall–Kier alpha value is -2.61. The number of rotatable bonds is 2. The second kappa shape index (κ2) is 5.30. The maximum atomic E-state index is 12.6. The van der Waals surface area contributed by atoms with Crippen molar-refractivity contribution in [2.24, 2.45) is 7.05 Å². The van der Waals surface area contributed by atoms with Crippen molar-refractivity contribution in [2.45, 2.75) is 6.04 Å². The predicted molar refractivity (Wildman–Crippen MR) is 76.8 cm³/mol. The van der Waals surface area contributed by atoms with Crippen LogP contribution in [0.2, 0.25) is 0 Å². The molecule has 2 aromatic rings. The summed E-state index contributed by atoms with van der Waals surface area (Å²) in [5.74, 6) is -1.48. The van der Waals surface area contributed by atoms with Crippen molar-refractivity contribution in [2.75, 3.05) is 19.8 Å². The molecule has 1 amide bonds. The van der Waals surface area contributed by atoms with Gasteiger partial charge in [-0.1, -0.05) is 0 Å². The van der Waals surface area contributed by atoms with Crippen LogP contribution in [0, 0.1) is 0 Å². The highest BCUT2D eigenvalue weighted by molar-refractivity contribution is 5.99. The fourth-order valence-electron chi connectivity index (χ4n) is 2.57. The summed E-state index contributed by atoms with van der Waals surface area (Å²) in [6.07, 6.45) is 0. The molecule has 1 unspecified atom stereocenters. The lowest BCUT2D eigenvalue weighted by atomic mass is 10.1.